The molecule has 2 N–H and O–H groups in total. The second-order valence-electron chi connectivity index (χ2n) is 9.41. The highest BCUT2D eigenvalue weighted by Gasteiger charge is 2.29. The van der Waals surface area contributed by atoms with E-state index < -0.39 is 16.0 Å². The van der Waals surface area contributed by atoms with Gasteiger partial charge in [0.05, 0.1) is 11.3 Å². The smallest absolute Gasteiger partial charge is 0.354 e. The van der Waals surface area contributed by atoms with Crippen LogP contribution < -0.4 is 5.32 Å². The third-order valence-corrected chi connectivity index (χ3v) is 7.43. The molecular formula is C28H28N2O4S. The number of benzene rings is 3. The zero-order valence-electron chi connectivity index (χ0n) is 19.9. The topological polar surface area (TPSA) is 88.4 Å². The Bertz CT molecular complexity index is 1510. The quantitative estimate of drug-likeness (QED) is 0.293. The molecule has 0 saturated heterocycles. The number of anilines is 2. The van der Waals surface area contributed by atoms with E-state index in [4.69, 9.17) is 0 Å². The van der Waals surface area contributed by atoms with Crippen molar-refractivity contribution in [1.29, 1.82) is 0 Å². The van der Waals surface area contributed by atoms with Crippen LogP contribution in [-0.4, -0.2) is 29.2 Å². The lowest BCUT2D eigenvalue weighted by atomic mass is 9.87. The molecule has 6 nitrogen and oxygen atoms in total. The van der Waals surface area contributed by atoms with E-state index in [2.05, 4.69) is 44.8 Å². The summed E-state index contributed by atoms with van der Waals surface area (Å²) in [5, 5.41) is 14.0. The van der Waals surface area contributed by atoms with Crippen LogP contribution in [-0.2, 0) is 15.4 Å². The van der Waals surface area contributed by atoms with Crippen molar-refractivity contribution in [2.75, 3.05) is 11.1 Å². The third-order valence-electron chi connectivity index (χ3n) is 5.84. The Morgan fingerprint density at radius 3 is 2.20 bits per heavy atom. The number of carbonyl (C=O) groups is 1. The number of hydrogen-bond acceptors (Lipinski definition) is 4. The van der Waals surface area contributed by atoms with Crippen LogP contribution in [0.3, 0.4) is 0 Å². The molecule has 0 fully saturated rings. The summed E-state index contributed by atoms with van der Waals surface area (Å²) >= 11 is 0. The fourth-order valence-corrected chi connectivity index (χ4v) is 5.52. The molecule has 35 heavy (non-hydrogen) atoms. The van der Waals surface area contributed by atoms with Crippen molar-refractivity contribution in [1.82, 2.24) is 3.97 Å². The van der Waals surface area contributed by atoms with E-state index in [9.17, 15) is 18.3 Å². The SMILES string of the molecule is C=CCS(=O)(=O)n1c(C(=O)O)c(-c2ccccc2)c2cc(Nc3ccc(C(C)(C)C)cc3)ccc21. The summed E-state index contributed by atoms with van der Waals surface area (Å²) in [6.45, 7) is 9.98. The summed E-state index contributed by atoms with van der Waals surface area (Å²) in [5.74, 6) is -1.70. The first-order valence-corrected chi connectivity index (χ1v) is 12.8. The van der Waals surface area contributed by atoms with E-state index in [-0.39, 0.29) is 16.9 Å². The molecule has 7 heteroatoms. The lowest BCUT2D eigenvalue weighted by Gasteiger charge is -2.19. The molecule has 1 heterocycles. The van der Waals surface area contributed by atoms with Gasteiger partial charge in [-0.05, 0) is 46.9 Å². The Kier molecular flexibility index (Phi) is 6.30. The largest absolute Gasteiger partial charge is 0.477 e. The van der Waals surface area contributed by atoms with Crippen molar-refractivity contribution >= 4 is 38.3 Å². The molecule has 0 aliphatic heterocycles. The van der Waals surface area contributed by atoms with Crippen LogP contribution in [0, 0.1) is 0 Å². The zero-order valence-corrected chi connectivity index (χ0v) is 20.8. The van der Waals surface area contributed by atoms with Crippen LogP contribution in [0.2, 0.25) is 0 Å². The van der Waals surface area contributed by atoms with E-state index in [1.54, 1.807) is 42.5 Å². The lowest BCUT2D eigenvalue weighted by Crippen LogP contribution is -2.20. The first-order valence-electron chi connectivity index (χ1n) is 11.2. The maximum absolute atomic E-state index is 13.1. The fraction of sp³-hybridized carbons (Fsp3) is 0.179. The first-order chi connectivity index (χ1) is 16.5. The number of nitrogens with one attached hydrogen (secondary N) is 1. The molecule has 3 aromatic carbocycles. The summed E-state index contributed by atoms with van der Waals surface area (Å²) in [7, 11) is -3.99. The Labute approximate surface area is 205 Å². The number of carboxylic acids is 1. The van der Waals surface area contributed by atoms with Crippen LogP contribution in [0.15, 0.2) is 85.5 Å². The molecular weight excluding hydrogens is 460 g/mol. The zero-order chi connectivity index (χ0) is 25.4. The van der Waals surface area contributed by atoms with Gasteiger partial charge in [0, 0.05) is 22.3 Å². The van der Waals surface area contributed by atoms with Crippen molar-refractivity contribution in [3.8, 4) is 11.1 Å². The normalized spacial score (nSPS) is 12.0. The van der Waals surface area contributed by atoms with Gasteiger partial charge in [0.2, 0.25) is 10.0 Å². The van der Waals surface area contributed by atoms with Gasteiger partial charge >= 0.3 is 5.97 Å². The maximum atomic E-state index is 13.1. The van der Waals surface area contributed by atoms with Crippen molar-refractivity contribution in [3.05, 3.63) is 96.7 Å². The molecule has 0 atom stereocenters. The van der Waals surface area contributed by atoms with Crippen molar-refractivity contribution in [2.24, 2.45) is 0 Å². The van der Waals surface area contributed by atoms with Gasteiger partial charge < -0.3 is 10.4 Å². The molecule has 0 bridgehead atoms. The summed E-state index contributed by atoms with van der Waals surface area (Å²) in [5.41, 5.74) is 3.82. The van der Waals surface area contributed by atoms with Gasteiger partial charge in [0.25, 0.3) is 0 Å². The predicted octanol–water partition coefficient (Wildman–Crippen LogP) is 6.41. The van der Waals surface area contributed by atoms with Crippen LogP contribution in [0.5, 0.6) is 0 Å². The van der Waals surface area contributed by atoms with Gasteiger partial charge in [-0.1, -0.05) is 69.3 Å². The maximum Gasteiger partial charge on any atom is 0.354 e. The predicted molar refractivity (Wildman–Crippen MR) is 142 cm³/mol. The van der Waals surface area contributed by atoms with Crippen molar-refractivity contribution in [3.63, 3.8) is 0 Å². The molecule has 0 radical (unpaired) electrons. The molecule has 0 amide bonds. The summed E-state index contributed by atoms with van der Waals surface area (Å²) in [4.78, 5) is 12.4. The number of fused-ring (bicyclic) bond motifs is 1. The molecule has 4 aromatic rings. The Morgan fingerprint density at radius 2 is 1.63 bits per heavy atom. The van der Waals surface area contributed by atoms with Gasteiger partial charge in [-0.25, -0.2) is 17.2 Å². The highest BCUT2D eigenvalue weighted by Crippen LogP contribution is 2.38. The number of aromatic carboxylic acids is 1. The molecule has 0 spiro atoms. The standard InChI is InChI=1S/C28H28N2O4S/c1-5-17-35(33,34)30-24-16-15-22(29-21-13-11-20(12-14-21)28(2,3)4)18-23(24)25(26(30)27(31)32)19-9-7-6-8-10-19/h5-16,18,29H,1,17H2,2-4H3,(H,31,32). The summed E-state index contributed by atoms with van der Waals surface area (Å²) in [6.07, 6.45) is 1.26. The minimum absolute atomic E-state index is 0.0368. The van der Waals surface area contributed by atoms with Gasteiger partial charge in [-0.3, -0.25) is 0 Å². The van der Waals surface area contributed by atoms with Gasteiger partial charge in [0.1, 0.15) is 0 Å². The third kappa shape index (κ3) is 4.72. The monoisotopic (exact) mass is 488 g/mol. The van der Waals surface area contributed by atoms with Crippen LogP contribution in [0.25, 0.3) is 22.0 Å². The number of carboxylic acid groups (broad SMARTS) is 1. The van der Waals surface area contributed by atoms with E-state index in [0.29, 0.717) is 27.7 Å². The molecule has 0 aliphatic rings. The second-order valence-corrected chi connectivity index (χ2v) is 11.3. The first kappa shape index (κ1) is 24.3. The number of rotatable bonds is 7. The van der Waals surface area contributed by atoms with Gasteiger partial charge in [-0.2, -0.15) is 0 Å². The van der Waals surface area contributed by atoms with Crippen molar-refractivity contribution < 1.29 is 18.3 Å². The van der Waals surface area contributed by atoms with Crippen molar-refractivity contribution in [2.45, 2.75) is 26.2 Å². The minimum atomic E-state index is -3.99. The molecule has 1 aromatic heterocycles. The molecule has 0 aliphatic carbocycles. The molecule has 4 rings (SSSR count). The Hall–Kier alpha value is -3.84. The van der Waals surface area contributed by atoms with E-state index in [0.717, 1.165) is 9.66 Å². The highest BCUT2D eigenvalue weighted by molar-refractivity contribution is 7.90. The minimum Gasteiger partial charge on any atom is -0.477 e. The second kappa shape index (κ2) is 9.07. The molecule has 0 saturated carbocycles. The van der Waals surface area contributed by atoms with E-state index in [1.807, 2.05) is 18.2 Å². The average Bonchev–Trinajstić information content (AvgIpc) is 3.15. The number of nitrogens with zero attached hydrogens (tertiary/aromatic N) is 1. The molecule has 0 unspecified atom stereocenters. The Balaban J connectivity index is 1.93. The highest BCUT2D eigenvalue weighted by atomic mass is 32.2. The van der Waals surface area contributed by atoms with Gasteiger partial charge in [0.15, 0.2) is 5.69 Å². The number of hydrogen-bond donors (Lipinski definition) is 2. The number of aromatic nitrogens is 1. The van der Waals surface area contributed by atoms with Crippen LogP contribution in [0.4, 0.5) is 11.4 Å². The van der Waals surface area contributed by atoms with E-state index in [1.165, 1.54) is 11.6 Å². The Morgan fingerprint density at radius 1 is 1.00 bits per heavy atom. The average molecular weight is 489 g/mol. The lowest BCUT2D eigenvalue weighted by molar-refractivity contribution is 0.0690. The van der Waals surface area contributed by atoms with E-state index >= 15 is 0 Å². The summed E-state index contributed by atoms with van der Waals surface area (Å²) in [6, 6.07) is 22.3. The van der Waals surface area contributed by atoms with Crippen LogP contribution >= 0.6 is 0 Å². The fourth-order valence-electron chi connectivity index (χ4n) is 4.16. The summed E-state index contributed by atoms with van der Waals surface area (Å²) < 4.78 is 27.2. The van der Waals surface area contributed by atoms with Gasteiger partial charge in [-0.15, -0.1) is 6.58 Å². The van der Waals surface area contributed by atoms with Crippen LogP contribution in [0.1, 0.15) is 36.8 Å². The molecule has 180 valence electrons.